The molecule has 6 rings (SSSR count). The number of halogens is 1. The number of nitrogens with one attached hydrogen (secondary N) is 1. The zero-order valence-electron chi connectivity index (χ0n) is 24.3. The van der Waals surface area contributed by atoms with Crippen LogP contribution in [0.25, 0.3) is 10.9 Å². The summed E-state index contributed by atoms with van der Waals surface area (Å²) in [6, 6.07) is 19.2. The van der Waals surface area contributed by atoms with E-state index in [0.717, 1.165) is 60.6 Å². The number of aryl methyl sites for hydroxylation is 1. The van der Waals surface area contributed by atoms with Gasteiger partial charge in [-0.05, 0) is 85.6 Å². The number of fused-ring (bicyclic) bond motifs is 4. The van der Waals surface area contributed by atoms with E-state index in [4.69, 9.17) is 9.47 Å². The molecule has 42 heavy (non-hydrogen) atoms. The Labute approximate surface area is 245 Å². The van der Waals surface area contributed by atoms with Crippen molar-refractivity contribution in [3.63, 3.8) is 0 Å². The zero-order valence-corrected chi connectivity index (χ0v) is 24.3. The molecule has 2 aliphatic rings. The van der Waals surface area contributed by atoms with Crippen LogP contribution in [0.5, 0.6) is 11.5 Å². The molecule has 1 atom stereocenters. The number of rotatable bonds is 6. The van der Waals surface area contributed by atoms with Gasteiger partial charge in [0, 0.05) is 48.4 Å². The number of carbonyl (C=O) groups is 1. The summed E-state index contributed by atoms with van der Waals surface area (Å²) < 4.78 is 26.6. The van der Waals surface area contributed by atoms with Crippen LogP contribution in [0, 0.1) is 5.82 Å². The van der Waals surface area contributed by atoms with Crippen LogP contribution in [0.3, 0.4) is 0 Å². The summed E-state index contributed by atoms with van der Waals surface area (Å²) in [6.07, 6.45) is 1.71. The fraction of sp³-hybridized carbons (Fsp3) is 0.364. The van der Waals surface area contributed by atoms with E-state index in [1.54, 1.807) is 31.3 Å². The number of amides is 2. The van der Waals surface area contributed by atoms with Gasteiger partial charge in [-0.1, -0.05) is 12.1 Å². The lowest BCUT2D eigenvalue weighted by Crippen LogP contribution is -2.56. The second-order valence-electron chi connectivity index (χ2n) is 11.4. The Hall–Kier alpha value is -4.08. The monoisotopic (exact) mass is 572 g/mol. The first-order valence-corrected chi connectivity index (χ1v) is 14.3. The van der Waals surface area contributed by atoms with Gasteiger partial charge in [0.05, 0.1) is 32.4 Å². The van der Waals surface area contributed by atoms with Crippen LogP contribution < -0.4 is 14.8 Å². The molecule has 0 aliphatic carbocycles. The summed E-state index contributed by atoms with van der Waals surface area (Å²) in [5, 5.41) is 14.8. The number of anilines is 1. The minimum atomic E-state index is -0.538. The highest BCUT2D eigenvalue weighted by molar-refractivity contribution is 5.92. The van der Waals surface area contributed by atoms with Crippen LogP contribution >= 0.6 is 0 Å². The lowest BCUT2D eigenvalue weighted by atomic mass is 9.68. The second-order valence-corrected chi connectivity index (χ2v) is 11.4. The van der Waals surface area contributed by atoms with Gasteiger partial charge in [0.25, 0.3) is 0 Å². The average molecular weight is 573 g/mol. The van der Waals surface area contributed by atoms with E-state index in [-0.39, 0.29) is 23.9 Å². The third-order valence-corrected chi connectivity index (χ3v) is 9.03. The Morgan fingerprint density at radius 3 is 2.43 bits per heavy atom. The quantitative estimate of drug-likeness (QED) is 0.321. The predicted molar refractivity (Wildman–Crippen MR) is 161 cm³/mol. The molecule has 1 fully saturated rings. The van der Waals surface area contributed by atoms with E-state index >= 15 is 0 Å². The number of urea groups is 1. The molecule has 8 nitrogen and oxygen atoms in total. The second kappa shape index (κ2) is 11.3. The summed E-state index contributed by atoms with van der Waals surface area (Å²) in [5.74, 6) is 1.24. The zero-order chi connectivity index (χ0) is 29.4. The molecule has 0 unspecified atom stereocenters. The first kappa shape index (κ1) is 28.1. The molecule has 4 aromatic rings. The number of piperidine rings is 1. The average Bonchev–Trinajstić information content (AvgIpc) is 3.31. The normalized spacial score (nSPS) is 18.2. The number of aromatic nitrogens is 1. The molecule has 3 aromatic carbocycles. The predicted octanol–water partition coefficient (Wildman–Crippen LogP) is 5.45. The molecule has 9 heteroatoms. The van der Waals surface area contributed by atoms with Gasteiger partial charge in [0.1, 0.15) is 17.3 Å². The lowest BCUT2D eigenvalue weighted by Gasteiger charge is -2.50. The van der Waals surface area contributed by atoms with E-state index in [2.05, 4.69) is 33.0 Å². The van der Waals surface area contributed by atoms with Crippen molar-refractivity contribution in [1.29, 1.82) is 0 Å². The molecule has 1 saturated heterocycles. The Morgan fingerprint density at radius 2 is 1.74 bits per heavy atom. The summed E-state index contributed by atoms with van der Waals surface area (Å²) in [7, 11) is 5.33. The van der Waals surface area contributed by atoms with Crippen molar-refractivity contribution in [2.45, 2.75) is 30.8 Å². The molecule has 220 valence electrons. The maximum Gasteiger partial charge on any atom is 0.322 e. The third kappa shape index (κ3) is 4.97. The van der Waals surface area contributed by atoms with Gasteiger partial charge >= 0.3 is 6.03 Å². The van der Waals surface area contributed by atoms with E-state index in [1.165, 1.54) is 23.3 Å². The van der Waals surface area contributed by atoms with Crippen molar-refractivity contribution in [3.05, 3.63) is 89.4 Å². The number of likely N-dealkylation sites (tertiary alicyclic amines) is 1. The minimum absolute atomic E-state index is 0.219. The van der Waals surface area contributed by atoms with Crippen molar-refractivity contribution in [3.8, 4) is 11.5 Å². The maximum atomic E-state index is 13.8. The highest BCUT2D eigenvalue weighted by Gasteiger charge is 2.49. The van der Waals surface area contributed by atoms with Crippen molar-refractivity contribution in [2.24, 2.45) is 7.05 Å². The minimum Gasteiger partial charge on any atom is -0.497 e. The van der Waals surface area contributed by atoms with E-state index < -0.39 is 6.04 Å². The molecule has 2 N–H and O–H groups in total. The van der Waals surface area contributed by atoms with Gasteiger partial charge in [-0.3, -0.25) is 4.90 Å². The standard InChI is InChI=1S/C33H37FN4O4/c1-36-28-18-26(42-3)11-12-27(28)30-31(36)29(20-39)38(32(40)35-24-9-7-23(34)8-10-24)21-33(30)13-15-37(16-14-33)19-22-5-4-6-25(17-22)41-2/h4-12,17-18,29,39H,13-16,19-21H2,1-3H3,(H,35,40)/t29-/m1/s1. The summed E-state index contributed by atoms with van der Waals surface area (Å²) in [5.41, 5.74) is 4.58. The number of benzene rings is 3. The summed E-state index contributed by atoms with van der Waals surface area (Å²) in [6.45, 7) is 2.79. The first-order chi connectivity index (χ1) is 20.4. The van der Waals surface area contributed by atoms with Crippen molar-refractivity contribution in [2.75, 3.05) is 45.8 Å². The highest BCUT2D eigenvalue weighted by Crippen LogP contribution is 2.50. The van der Waals surface area contributed by atoms with Crippen molar-refractivity contribution < 1.29 is 23.8 Å². The van der Waals surface area contributed by atoms with Crippen LogP contribution in [0.15, 0.2) is 66.7 Å². The van der Waals surface area contributed by atoms with Gasteiger partial charge < -0.3 is 29.4 Å². The molecule has 3 heterocycles. The first-order valence-electron chi connectivity index (χ1n) is 14.3. The van der Waals surface area contributed by atoms with Crippen molar-refractivity contribution >= 4 is 22.6 Å². The molecular formula is C33H37FN4O4. The number of aliphatic hydroxyl groups excluding tert-OH is 1. The maximum absolute atomic E-state index is 13.8. The van der Waals surface area contributed by atoms with Crippen LogP contribution in [0.2, 0.25) is 0 Å². The number of hydrogen-bond donors (Lipinski definition) is 2. The van der Waals surface area contributed by atoms with E-state index in [9.17, 15) is 14.3 Å². The van der Waals surface area contributed by atoms with Crippen LogP contribution in [0.1, 0.15) is 35.7 Å². The number of nitrogens with zero attached hydrogens (tertiary/aromatic N) is 3. The number of hydrogen-bond acceptors (Lipinski definition) is 5. The molecule has 1 spiro atoms. The Morgan fingerprint density at radius 1 is 1.02 bits per heavy atom. The molecule has 2 aliphatic heterocycles. The lowest BCUT2D eigenvalue weighted by molar-refractivity contribution is 0.0692. The van der Waals surface area contributed by atoms with Gasteiger partial charge in [-0.15, -0.1) is 0 Å². The molecule has 2 amide bonds. The Kier molecular flexibility index (Phi) is 7.55. The van der Waals surface area contributed by atoms with Gasteiger partial charge in [-0.25, -0.2) is 9.18 Å². The van der Waals surface area contributed by atoms with Crippen LogP contribution in [0.4, 0.5) is 14.9 Å². The van der Waals surface area contributed by atoms with Crippen LogP contribution in [-0.2, 0) is 19.0 Å². The number of carbonyl (C=O) groups excluding carboxylic acids is 1. The number of ether oxygens (including phenoxy) is 2. The molecule has 0 saturated carbocycles. The third-order valence-electron chi connectivity index (χ3n) is 9.03. The van der Waals surface area contributed by atoms with Crippen LogP contribution in [-0.4, -0.2) is 66.0 Å². The number of methoxy groups -OCH3 is 2. The topological polar surface area (TPSA) is 79.2 Å². The fourth-order valence-electron chi connectivity index (χ4n) is 6.88. The molecular weight excluding hydrogens is 535 g/mol. The van der Waals surface area contributed by atoms with Gasteiger partial charge in [-0.2, -0.15) is 0 Å². The number of aliphatic hydroxyl groups is 1. The highest BCUT2D eigenvalue weighted by atomic mass is 19.1. The SMILES string of the molecule is COc1cccc(CN2CCC3(CC2)CN(C(=O)Nc2ccc(F)cc2)[C@H](CO)c2c3c3ccc(OC)cc3n2C)c1. The Balaban J connectivity index is 1.37. The van der Waals surface area contributed by atoms with Gasteiger partial charge in [0.15, 0.2) is 0 Å². The van der Waals surface area contributed by atoms with E-state index in [1.807, 2.05) is 31.3 Å². The molecule has 1 aromatic heterocycles. The Bertz CT molecular complexity index is 1590. The smallest absolute Gasteiger partial charge is 0.322 e. The fourth-order valence-corrected chi connectivity index (χ4v) is 6.88. The summed E-state index contributed by atoms with van der Waals surface area (Å²) >= 11 is 0. The van der Waals surface area contributed by atoms with Crippen molar-refractivity contribution in [1.82, 2.24) is 14.4 Å². The molecule has 0 bridgehead atoms. The van der Waals surface area contributed by atoms with E-state index in [0.29, 0.717) is 12.2 Å². The van der Waals surface area contributed by atoms with Gasteiger partial charge in [0.2, 0.25) is 0 Å². The molecule has 0 radical (unpaired) electrons. The largest absolute Gasteiger partial charge is 0.497 e. The summed E-state index contributed by atoms with van der Waals surface area (Å²) in [4.78, 5) is 18.0.